The van der Waals surface area contributed by atoms with Crippen molar-refractivity contribution in [1.29, 1.82) is 0 Å². The monoisotopic (exact) mass is 259 g/mol. The Morgan fingerprint density at radius 1 is 1.21 bits per heavy atom. The van der Waals surface area contributed by atoms with E-state index >= 15 is 0 Å². The Hall–Kier alpha value is -1.06. The van der Waals surface area contributed by atoms with Gasteiger partial charge in [0.25, 0.3) is 0 Å². The van der Waals surface area contributed by atoms with Crippen LogP contribution in [0.15, 0.2) is 18.2 Å². The summed E-state index contributed by atoms with van der Waals surface area (Å²) in [6.07, 6.45) is 3.97. The second kappa shape index (κ2) is 5.14. The first kappa shape index (κ1) is 12.9. The van der Waals surface area contributed by atoms with Crippen LogP contribution in [0.2, 0.25) is 0 Å². The molecule has 3 rings (SSSR count). The maximum atomic E-state index is 6.05. The summed E-state index contributed by atoms with van der Waals surface area (Å²) < 4.78 is 0. The highest BCUT2D eigenvalue weighted by Crippen LogP contribution is 2.41. The lowest BCUT2D eigenvalue weighted by Crippen LogP contribution is -2.31. The minimum absolute atomic E-state index is 0.712. The molecular formula is C16H25N3. The third kappa shape index (κ3) is 3.10. The van der Waals surface area contributed by atoms with Crippen molar-refractivity contribution in [3.63, 3.8) is 0 Å². The summed E-state index contributed by atoms with van der Waals surface area (Å²) in [4.78, 5) is 4.89. The van der Waals surface area contributed by atoms with Crippen LogP contribution in [0.25, 0.3) is 0 Å². The summed E-state index contributed by atoms with van der Waals surface area (Å²) in [5.74, 6) is 0.787. The first-order valence-corrected chi connectivity index (χ1v) is 7.40. The van der Waals surface area contributed by atoms with Crippen molar-refractivity contribution in [3.8, 4) is 0 Å². The number of nitrogens with two attached hydrogens (primary N) is 1. The standard InChI is InChI=1S/C16H25N3/c1-18(2)16-5-6-19(11-16)10-12-7-14(13-3-4-13)9-15(17)8-12/h7-9,13,16H,3-6,10-11,17H2,1-2H3. The second-order valence-corrected chi connectivity index (χ2v) is 6.42. The highest BCUT2D eigenvalue weighted by Gasteiger charge is 2.26. The Morgan fingerprint density at radius 2 is 2.00 bits per heavy atom. The maximum absolute atomic E-state index is 6.05. The predicted molar refractivity (Wildman–Crippen MR) is 80.2 cm³/mol. The summed E-state index contributed by atoms with van der Waals surface area (Å²) in [6, 6.07) is 7.39. The minimum Gasteiger partial charge on any atom is -0.399 e. The van der Waals surface area contributed by atoms with Crippen LogP contribution in [0.4, 0.5) is 5.69 Å². The van der Waals surface area contributed by atoms with E-state index in [0.29, 0.717) is 6.04 Å². The highest BCUT2D eigenvalue weighted by atomic mass is 15.2. The fourth-order valence-electron chi connectivity index (χ4n) is 3.12. The third-order valence-electron chi connectivity index (χ3n) is 4.47. The molecule has 1 heterocycles. The first-order chi connectivity index (χ1) is 9.11. The number of rotatable bonds is 4. The molecule has 1 aliphatic carbocycles. The molecule has 3 heteroatoms. The van der Waals surface area contributed by atoms with E-state index in [1.165, 1.54) is 43.5 Å². The normalized spacial score (nSPS) is 24.3. The molecule has 0 spiro atoms. The van der Waals surface area contributed by atoms with E-state index in [-0.39, 0.29) is 0 Å². The molecule has 1 atom stereocenters. The van der Waals surface area contributed by atoms with Gasteiger partial charge in [-0.3, -0.25) is 4.90 Å². The van der Waals surface area contributed by atoms with Crippen molar-refractivity contribution in [3.05, 3.63) is 29.3 Å². The number of hydrogen-bond acceptors (Lipinski definition) is 3. The summed E-state index contributed by atoms with van der Waals surface area (Å²) in [5.41, 5.74) is 9.83. The fourth-order valence-corrected chi connectivity index (χ4v) is 3.12. The molecule has 1 aromatic rings. The van der Waals surface area contributed by atoms with Gasteiger partial charge in [-0.1, -0.05) is 6.07 Å². The van der Waals surface area contributed by atoms with Crippen LogP contribution < -0.4 is 5.73 Å². The molecular weight excluding hydrogens is 234 g/mol. The quantitative estimate of drug-likeness (QED) is 0.842. The molecule has 104 valence electrons. The van der Waals surface area contributed by atoms with Gasteiger partial charge < -0.3 is 10.6 Å². The largest absolute Gasteiger partial charge is 0.399 e. The SMILES string of the molecule is CN(C)C1CCN(Cc2cc(N)cc(C3CC3)c2)C1. The van der Waals surface area contributed by atoms with E-state index in [1.807, 2.05) is 0 Å². The van der Waals surface area contributed by atoms with Gasteiger partial charge in [0.05, 0.1) is 0 Å². The van der Waals surface area contributed by atoms with Gasteiger partial charge in [0.15, 0.2) is 0 Å². The van der Waals surface area contributed by atoms with E-state index < -0.39 is 0 Å². The maximum Gasteiger partial charge on any atom is 0.0320 e. The van der Waals surface area contributed by atoms with Gasteiger partial charge in [-0.15, -0.1) is 0 Å². The Labute approximate surface area is 116 Å². The summed E-state index contributed by atoms with van der Waals surface area (Å²) in [6.45, 7) is 3.44. The zero-order valence-electron chi connectivity index (χ0n) is 12.1. The number of nitrogen functional groups attached to an aromatic ring is 1. The van der Waals surface area contributed by atoms with Crippen molar-refractivity contribution in [2.24, 2.45) is 0 Å². The van der Waals surface area contributed by atoms with Gasteiger partial charge in [0, 0.05) is 31.4 Å². The molecule has 1 saturated heterocycles. The van der Waals surface area contributed by atoms with Crippen LogP contribution >= 0.6 is 0 Å². The Morgan fingerprint density at radius 3 is 2.63 bits per heavy atom. The van der Waals surface area contributed by atoms with Crippen LogP contribution in [0.5, 0.6) is 0 Å². The predicted octanol–water partition coefficient (Wildman–Crippen LogP) is 2.28. The Balaban J connectivity index is 1.66. The second-order valence-electron chi connectivity index (χ2n) is 6.42. The molecule has 1 unspecified atom stereocenters. The van der Waals surface area contributed by atoms with Gasteiger partial charge >= 0.3 is 0 Å². The molecule has 1 aliphatic heterocycles. The van der Waals surface area contributed by atoms with Crippen molar-refractivity contribution < 1.29 is 0 Å². The van der Waals surface area contributed by atoms with Gasteiger partial charge in [0.2, 0.25) is 0 Å². The molecule has 0 bridgehead atoms. The number of likely N-dealkylation sites (tertiary alicyclic amines) is 1. The topological polar surface area (TPSA) is 32.5 Å². The van der Waals surface area contributed by atoms with Gasteiger partial charge in [0.1, 0.15) is 0 Å². The lowest BCUT2D eigenvalue weighted by molar-refractivity contribution is 0.264. The number of hydrogen-bond donors (Lipinski definition) is 1. The Kier molecular flexibility index (Phi) is 3.50. The fraction of sp³-hybridized carbons (Fsp3) is 0.625. The lowest BCUT2D eigenvalue weighted by Gasteiger charge is -2.20. The van der Waals surface area contributed by atoms with E-state index in [2.05, 4.69) is 42.1 Å². The molecule has 0 radical (unpaired) electrons. The summed E-state index contributed by atoms with van der Waals surface area (Å²) in [7, 11) is 4.36. The zero-order chi connectivity index (χ0) is 13.4. The third-order valence-corrected chi connectivity index (χ3v) is 4.47. The molecule has 2 fully saturated rings. The van der Waals surface area contributed by atoms with Crippen molar-refractivity contribution >= 4 is 5.69 Å². The minimum atomic E-state index is 0.712. The van der Waals surface area contributed by atoms with Crippen LogP contribution in [-0.4, -0.2) is 43.0 Å². The van der Waals surface area contributed by atoms with Crippen LogP contribution in [0.3, 0.4) is 0 Å². The van der Waals surface area contributed by atoms with Crippen LogP contribution in [-0.2, 0) is 6.54 Å². The van der Waals surface area contributed by atoms with Crippen molar-refractivity contribution in [2.45, 2.75) is 37.8 Å². The van der Waals surface area contributed by atoms with Crippen LogP contribution in [0.1, 0.15) is 36.3 Å². The smallest absolute Gasteiger partial charge is 0.0320 e. The Bertz CT molecular complexity index is 451. The zero-order valence-corrected chi connectivity index (χ0v) is 12.1. The van der Waals surface area contributed by atoms with E-state index in [1.54, 1.807) is 0 Å². The average molecular weight is 259 g/mol. The van der Waals surface area contributed by atoms with Gasteiger partial charge in [-0.05, 0) is 62.5 Å². The van der Waals surface area contributed by atoms with E-state index in [9.17, 15) is 0 Å². The van der Waals surface area contributed by atoms with Gasteiger partial charge in [-0.2, -0.15) is 0 Å². The van der Waals surface area contributed by atoms with Gasteiger partial charge in [-0.25, -0.2) is 0 Å². The molecule has 3 nitrogen and oxygen atoms in total. The molecule has 1 saturated carbocycles. The number of benzene rings is 1. The van der Waals surface area contributed by atoms with Crippen molar-refractivity contribution in [1.82, 2.24) is 9.80 Å². The molecule has 1 aromatic carbocycles. The lowest BCUT2D eigenvalue weighted by atomic mass is 10.1. The van der Waals surface area contributed by atoms with Crippen LogP contribution in [0, 0.1) is 0 Å². The first-order valence-electron chi connectivity index (χ1n) is 7.40. The molecule has 2 N–H and O–H groups in total. The van der Waals surface area contributed by atoms with E-state index in [0.717, 1.165) is 18.2 Å². The molecule has 2 aliphatic rings. The van der Waals surface area contributed by atoms with E-state index in [4.69, 9.17) is 5.73 Å². The highest BCUT2D eigenvalue weighted by molar-refractivity contribution is 5.46. The number of anilines is 1. The molecule has 0 amide bonds. The number of likely N-dealkylation sites (N-methyl/N-ethyl adjacent to an activating group) is 1. The molecule has 0 aromatic heterocycles. The van der Waals surface area contributed by atoms with Crippen molar-refractivity contribution in [2.75, 3.05) is 32.9 Å². The summed E-state index contributed by atoms with van der Waals surface area (Å²) in [5, 5.41) is 0. The summed E-state index contributed by atoms with van der Waals surface area (Å²) >= 11 is 0. The average Bonchev–Trinajstić information content (AvgIpc) is 3.09. The molecule has 19 heavy (non-hydrogen) atoms. The number of nitrogens with zero attached hydrogens (tertiary/aromatic N) is 2.